The van der Waals surface area contributed by atoms with Crippen LogP contribution in [0.3, 0.4) is 0 Å². The molecule has 0 aromatic carbocycles. The topological polar surface area (TPSA) is 26.0 Å². The van der Waals surface area contributed by atoms with Crippen molar-refractivity contribution in [3.05, 3.63) is 22.4 Å². The molecule has 3 unspecified atom stereocenters. The molecule has 0 aliphatic carbocycles. The molecule has 0 amide bonds. The van der Waals surface area contributed by atoms with Crippen LogP contribution in [0.5, 0.6) is 0 Å². The van der Waals surface area contributed by atoms with Crippen LogP contribution in [0.15, 0.2) is 17.5 Å². The molecular formula is C11H19NS2. The van der Waals surface area contributed by atoms with Gasteiger partial charge in [0.25, 0.3) is 0 Å². The molecule has 0 saturated heterocycles. The van der Waals surface area contributed by atoms with Crippen LogP contribution in [0.2, 0.25) is 0 Å². The number of hydrogen-bond acceptors (Lipinski definition) is 3. The second kappa shape index (κ2) is 5.79. The Kier molecular flexibility index (Phi) is 4.99. The minimum atomic E-state index is 0.229. The zero-order valence-corrected chi connectivity index (χ0v) is 10.7. The van der Waals surface area contributed by atoms with E-state index in [1.807, 2.05) is 23.1 Å². The summed E-state index contributed by atoms with van der Waals surface area (Å²) in [6.07, 6.45) is 1.21. The van der Waals surface area contributed by atoms with Crippen molar-refractivity contribution in [3.63, 3.8) is 0 Å². The Balaban J connectivity index is 2.66. The van der Waals surface area contributed by atoms with Crippen LogP contribution in [-0.2, 0) is 0 Å². The highest BCUT2D eigenvalue weighted by Crippen LogP contribution is 2.37. The van der Waals surface area contributed by atoms with E-state index in [-0.39, 0.29) is 6.04 Å². The van der Waals surface area contributed by atoms with E-state index in [1.165, 1.54) is 11.3 Å². The summed E-state index contributed by atoms with van der Waals surface area (Å²) in [6.45, 7) is 6.59. The molecule has 0 radical (unpaired) electrons. The van der Waals surface area contributed by atoms with Gasteiger partial charge in [-0.15, -0.1) is 23.1 Å². The quantitative estimate of drug-likeness (QED) is 0.833. The molecule has 3 atom stereocenters. The van der Waals surface area contributed by atoms with Gasteiger partial charge in [-0.1, -0.05) is 19.9 Å². The fraction of sp³-hybridized carbons (Fsp3) is 0.636. The molecule has 0 fully saturated rings. The smallest absolute Gasteiger partial charge is 0.0542 e. The average Bonchev–Trinajstić information content (AvgIpc) is 2.65. The number of rotatable bonds is 5. The van der Waals surface area contributed by atoms with Crippen molar-refractivity contribution < 1.29 is 0 Å². The minimum Gasteiger partial charge on any atom is -0.327 e. The fourth-order valence-corrected chi connectivity index (χ4v) is 3.56. The SMILES string of the molecule is CCC(C)SC(c1cccs1)C(C)N. The summed E-state index contributed by atoms with van der Waals surface area (Å²) in [5, 5.41) is 3.28. The molecule has 0 saturated carbocycles. The first kappa shape index (κ1) is 12.1. The molecule has 3 heteroatoms. The first-order chi connectivity index (χ1) is 6.65. The number of hydrogen-bond donors (Lipinski definition) is 1. The largest absolute Gasteiger partial charge is 0.327 e. The molecule has 0 aliphatic rings. The first-order valence-electron chi connectivity index (χ1n) is 5.09. The zero-order valence-electron chi connectivity index (χ0n) is 9.07. The summed E-state index contributed by atoms with van der Waals surface area (Å²) in [5.74, 6) is 0. The van der Waals surface area contributed by atoms with Crippen LogP contribution in [-0.4, -0.2) is 11.3 Å². The maximum atomic E-state index is 6.02. The Bertz CT molecular complexity index is 244. The van der Waals surface area contributed by atoms with Crippen molar-refractivity contribution in [1.82, 2.24) is 0 Å². The van der Waals surface area contributed by atoms with E-state index in [0.29, 0.717) is 10.5 Å². The van der Waals surface area contributed by atoms with Crippen molar-refractivity contribution in [2.45, 2.75) is 43.7 Å². The Morgan fingerprint density at radius 2 is 2.21 bits per heavy atom. The van der Waals surface area contributed by atoms with Crippen LogP contribution < -0.4 is 5.73 Å². The van der Waals surface area contributed by atoms with E-state index in [4.69, 9.17) is 5.73 Å². The Hall–Kier alpha value is 0.01000. The van der Waals surface area contributed by atoms with Crippen molar-refractivity contribution in [3.8, 4) is 0 Å². The van der Waals surface area contributed by atoms with Crippen LogP contribution in [0.25, 0.3) is 0 Å². The van der Waals surface area contributed by atoms with E-state index in [0.717, 1.165) is 0 Å². The number of thiophene rings is 1. The van der Waals surface area contributed by atoms with E-state index < -0.39 is 0 Å². The molecule has 2 N–H and O–H groups in total. The van der Waals surface area contributed by atoms with E-state index in [2.05, 4.69) is 38.3 Å². The lowest BCUT2D eigenvalue weighted by atomic mass is 10.2. The fourth-order valence-electron chi connectivity index (χ4n) is 1.25. The normalized spacial score (nSPS) is 17.7. The zero-order chi connectivity index (χ0) is 10.6. The predicted molar refractivity (Wildman–Crippen MR) is 68.1 cm³/mol. The number of thioether (sulfide) groups is 1. The number of nitrogens with two attached hydrogens (primary N) is 1. The standard InChI is InChI=1S/C11H19NS2/c1-4-8(2)14-11(9(3)12)10-6-5-7-13-10/h5-9,11H,4,12H2,1-3H3. The van der Waals surface area contributed by atoms with Gasteiger partial charge in [-0.05, 0) is 24.8 Å². The molecule has 0 spiro atoms. The maximum Gasteiger partial charge on any atom is 0.0542 e. The maximum absolute atomic E-state index is 6.02. The molecule has 1 aromatic heterocycles. The van der Waals surface area contributed by atoms with Crippen LogP contribution in [0.1, 0.15) is 37.3 Å². The molecule has 1 aromatic rings. The Labute approximate surface area is 95.1 Å². The summed E-state index contributed by atoms with van der Waals surface area (Å²) < 4.78 is 0. The lowest BCUT2D eigenvalue weighted by Gasteiger charge is -2.22. The van der Waals surface area contributed by atoms with Gasteiger partial charge < -0.3 is 5.73 Å². The van der Waals surface area contributed by atoms with Crippen LogP contribution in [0.4, 0.5) is 0 Å². The summed E-state index contributed by atoms with van der Waals surface area (Å²) in [4.78, 5) is 1.41. The highest BCUT2D eigenvalue weighted by molar-refractivity contribution is 8.00. The van der Waals surface area contributed by atoms with Gasteiger partial charge in [0.05, 0.1) is 5.25 Å². The minimum absolute atomic E-state index is 0.229. The van der Waals surface area contributed by atoms with Crippen molar-refractivity contribution in [1.29, 1.82) is 0 Å². The molecular weight excluding hydrogens is 210 g/mol. The Morgan fingerprint density at radius 1 is 1.50 bits per heavy atom. The lowest BCUT2D eigenvalue weighted by Crippen LogP contribution is -2.23. The molecule has 14 heavy (non-hydrogen) atoms. The second-order valence-corrected chi connectivity index (χ2v) is 6.21. The summed E-state index contributed by atoms with van der Waals surface area (Å²) >= 11 is 3.81. The molecule has 1 heterocycles. The Morgan fingerprint density at radius 3 is 2.64 bits per heavy atom. The lowest BCUT2D eigenvalue weighted by molar-refractivity contribution is 0.723. The third-order valence-electron chi connectivity index (χ3n) is 2.25. The van der Waals surface area contributed by atoms with Crippen LogP contribution >= 0.6 is 23.1 Å². The summed E-state index contributed by atoms with van der Waals surface area (Å²) in [7, 11) is 0. The van der Waals surface area contributed by atoms with Gasteiger partial charge in [-0.2, -0.15) is 0 Å². The van der Waals surface area contributed by atoms with Gasteiger partial charge >= 0.3 is 0 Å². The molecule has 1 nitrogen and oxygen atoms in total. The van der Waals surface area contributed by atoms with Gasteiger partial charge in [0, 0.05) is 16.2 Å². The van der Waals surface area contributed by atoms with Crippen molar-refractivity contribution in [2.75, 3.05) is 0 Å². The molecule has 80 valence electrons. The van der Waals surface area contributed by atoms with E-state index >= 15 is 0 Å². The highest BCUT2D eigenvalue weighted by atomic mass is 32.2. The molecule has 0 aliphatic heterocycles. The highest BCUT2D eigenvalue weighted by Gasteiger charge is 2.19. The van der Waals surface area contributed by atoms with Crippen molar-refractivity contribution in [2.24, 2.45) is 5.73 Å². The van der Waals surface area contributed by atoms with Gasteiger partial charge in [0.2, 0.25) is 0 Å². The summed E-state index contributed by atoms with van der Waals surface area (Å²) in [5.41, 5.74) is 6.02. The molecule has 0 bridgehead atoms. The first-order valence-corrected chi connectivity index (χ1v) is 6.91. The molecule has 1 rings (SSSR count). The van der Waals surface area contributed by atoms with E-state index in [1.54, 1.807) is 0 Å². The van der Waals surface area contributed by atoms with Crippen LogP contribution in [0, 0.1) is 0 Å². The van der Waals surface area contributed by atoms with Gasteiger partial charge in [0.15, 0.2) is 0 Å². The van der Waals surface area contributed by atoms with Gasteiger partial charge in [0.1, 0.15) is 0 Å². The van der Waals surface area contributed by atoms with Crippen molar-refractivity contribution >= 4 is 23.1 Å². The third-order valence-corrected chi connectivity index (χ3v) is 5.13. The second-order valence-electron chi connectivity index (χ2n) is 3.65. The third kappa shape index (κ3) is 3.30. The summed E-state index contributed by atoms with van der Waals surface area (Å²) in [6, 6.07) is 4.52. The van der Waals surface area contributed by atoms with E-state index in [9.17, 15) is 0 Å². The predicted octanol–water partition coefficient (Wildman–Crippen LogP) is 3.67. The van der Waals surface area contributed by atoms with Gasteiger partial charge in [-0.25, -0.2) is 0 Å². The monoisotopic (exact) mass is 229 g/mol. The van der Waals surface area contributed by atoms with Gasteiger partial charge in [-0.3, -0.25) is 0 Å². The average molecular weight is 229 g/mol.